The fourth-order valence-corrected chi connectivity index (χ4v) is 2.11. The van der Waals surface area contributed by atoms with Crippen LogP contribution in [-0.4, -0.2) is 52.3 Å². The molecule has 1 heterocycles. The van der Waals surface area contributed by atoms with Crippen LogP contribution in [0.4, 0.5) is 10.1 Å². The number of Topliss-reactive ketones (excluding diaryl/α,β-unsaturated/α-hetero) is 1. The Morgan fingerprint density at radius 3 is 2.75 bits per heavy atom. The van der Waals surface area contributed by atoms with E-state index in [0.29, 0.717) is 11.4 Å². The molecule has 1 aromatic carbocycles. The lowest BCUT2D eigenvalue weighted by molar-refractivity contribution is -0.124. The summed E-state index contributed by atoms with van der Waals surface area (Å²) in [5.41, 5.74) is 0.571. The Morgan fingerprint density at radius 2 is 2.10 bits per heavy atom. The number of carbonyl (C=O) groups excluding carboxylic acids is 1. The Morgan fingerprint density at radius 1 is 1.35 bits per heavy atom. The lowest BCUT2D eigenvalue weighted by atomic mass is 10.2. The van der Waals surface area contributed by atoms with Gasteiger partial charge >= 0.3 is 0 Å². The molecule has 0 spiro atoms. The van der Waals surface area contributed by atoms with Crippen LogP contribution in [0.15, 0.2) is 18.2 Å². The second-order valence-electron chi connectivity index (χ2n) is 4.61. The molecule has 0 saturated carbocycles. The number of methoxy groups -OCH3 is 1. The van der Waals surface area contributed by atoms with Gasteiger partial charge < -0.3 is 19.7 Å². The summed E-state index contributed by atoms with van der Waals surface area (Å²) in [5, 5.41) is 3.22. The maximum Gasteiger partial charge on any atom is 0.195 e. The van der Waals surface area contributed by atoms with Gasteiger partial charge in [-0.3, -0.25) is 4.79 Å². The SMILES string of the molecule is COCC(=O)COc1ccc(N2CCNCC2)c(F)c1. The fraction of sp³-hybridized carbons (Fsp3) is 0.500. The Balaban J connectivity index is 1.96. The molecule has 110 valence electrons. The number of piperazine rings is 1. The molecule has 20 heavy (non-hydrogen) atoms. The number of anilines is 1. The summed E-state index contributed by atoms with van der Waals surface area (Å²) < 4.78 is 24.0. The summed E-state index contributed by atoms with van der Waals surface area (Å²) in [4.78, 5) is 13.2. The lowest BCUT2D eigenvalue weighted by Crippen LogP contribution is -2.43. The molecule has 0 amide bonds. The summed E-state index contributed by atoms with van der Waals surface area (Å²) >= 11 is 0. The number of rotatable bonds is 6. The van der Waals surface area contributed by atoms with Crippen molar-refractivity contribution >= 4 is 11.5 Å². The van der Waals surface area contributed by atoms with E-state index in [0.717, 1.165) is 26.2 Å². The van der Waals surface area contributed by atoms with Gasteiger partial charge in [0.05, 0.1) is 5.69 Å². The van der Waals surface area contributed by atoms with Crippen LogP contribution in [0, 0.1) is 5.82 Å². The maximum atomic E-state index is 14.1. The number of benzene rings is 1. The van der Waals surface area contributed by atoms with Crippen molar-refractivity contribution in [2.45, 2.75) is 0 Å². The van der Waals surface area contributed by atoms with Crippen molar-refractivity contribution in [2.24, 2.45) is 0 Å². The smallest absolute Gasteiger partial charge is 0.195 e. The van der Waals surface area contributed by atoms with E-state index in [1.165, 1.54) is 13.2 Å². The molecule has 2 rings (SSSR count). The highest BCUT2D eigenvalue weighted by molar-refractivity contribution is 5.81. The molecule has 0 aliphatic carbocycles. The van der Waals surface area contributed by atoms with Crippen LogP contribution >= 0.6 is 0 Å². The summed E-state index contributed by atoms with van der Waals surface area (Å²) in [5.74, 6) is -0.159. The summed E-state index contributed by atoms with van der Waals surface area (Å²) in [7, 11) is 1.44. The van der Waals surface area contributed by atoms with Crippen molar-refractivity contribution in [3.05, 3.63) is 24.0 Å². The number of hydrogen-bond acceptors (Lipinski definition) is 5. The third kappa shape index (κ3) is 3.91. The molecule has 1 fully saturated rings. The summed E-state index contributed by atoms with van der Waals surface area (Å²) in [6, 6.07) is 4.69. The zero-order chi connectivity index (χ0) is 14.4. The van der Waals surface area contributed by atoms with Gasteiger partial charge in [0.15, 0.2) is 5.78 Å². The number of nitrogens with zero attached hydrogens (tertiary/aromatic N) is 1. The third-order valence-corrected chi connectivity index (χ3v) is 3.08. The van der Waals surface area contributed by atoms with Crippen LogP contribution in [0.2, 0.25) is 0 Å². The number of carbonyl (C=O) groups is 1. The number of halogens is 1. The maximum absolute atomic E-state index is 14.1. The molecular weight excluding hydrogens is 263 g/mol. The quantitative estimate of drug-likeness (QED) is 0.837. The second kappa shape index (κ2) is 7.21. The van der Waals surface area contributed by atoms with E-state index in [1.54, 1.807) is 12.1 Å². The molecule has 1 N–H and O–H groups in total. The van der Waals surface area contributed by atoms with E-state index < -0.39 is 0 Å². The minimum atomic E-state index is -0.330. The molecule has 0 unspecified atom stereocenters. The molecular formula is C14H19FN2O3. The third-order valence-electron chi connectivity index (χ3n) is 3.08. The van der Waals surface area contributed by atoms with Crippen LogP contribution in [-0.2, 0) is 9.53 Å². The van der Waals surface area contributed by atoms with E-state index in [2.05, 4.69) is 5.32 Å². The first-order valence-electron chi connectivity index (χ1n) is 6.59. The number of ketones is 1. The highest BCUT2D eigenvalue weighted by atomic mass is 19.1. The molecule has 0 atom stereocenters. The van der Waals surface area contributed by atoms with E-state index >= 15 is 0 Å². The summed E-state index contributed by atoms with van der Waals surface area (Å²) in [6.45, 7) is 3.15. The van der Waals surface area contributed by atoms with Gasteiger partial charge in [-0.2, -0.15) is 0 Å². The first kappa shape index (κ1) is 14.7. The summed E-state index contributed by atoms with van der Waals surface area (Å²) in [6.07, 6.45) is 0. The molecule has 1 aliphatic heterocycles. The topological polar surface area (TPSA) is 50.8 Å². The van der Waals surface area contributed by atoms with Gasteiger partial charge in [0.2, 0.25) is 0 Å². The largest absolute Gasteiger partial charge is 0.486 e. The zero-order valence-corrected chi connectivity index (χ0v) is 11.5. The lowest BCUT2D eigenvalue weighted by Gasteiger charge is -2.29. The van der Waals surface area contributed by atoms with Gasteiger partial charge in [0.1, 0.15) is 24.8 Å². The van der Waals surface area contributed by atoms with Crippen molar-refractivity contribution in [3.63, 3.8) is 0 Å². The molecule has 5 nitrogen and oxygen atoms in total. The standard InChI is InChI=1S/C14H19FN2O3/c1-19-9-11(18)10-20-12-2-3-14(13(15)8-12)17-6-4-16-5-7-17/h2-3,8,16H,4-7,9-10H2,1H3. The van der Waals surface area contributed by atoms with Gasteiger partial charge in [0, 0.05) is 39.4 Å². The first-order chi connectivity index (χ1) is 9.70. The zero-order valence-electron chi connectivity index (χ0n) is 11.5. The van der Waals surface area contributed by atoms with Crippen LogP contribution in [0.5, 0.6) is 5.75 Å². The monoisotopic (exact) mass is 282 g/mol. The predicted octanol–water partition coefficient (Wildman–Crippen LogP) is 0.830. The van der Waals surface area contributed by atoms with Crippen molar-refractivity contribution < 1.29 is 18.7 Å². The van der Waals surface area contributed by atoms with Crippen molar-refractivity contribution in [3.8, 4) is 5.75 Å². The molecule has 1 aromatic rings. The Labute approximate surface area is 117 Å². The Kier molecular flexibility index (Phi) is 5.31. The second-order valence-corrected chi connectivity index (χ2v) is 4.61. The van der Waals surface area contributed by atoms with Crippen LogP contribution in [0.1, 0.15) is 0 Å². The van der Waals surface area contributed by atoms with Crippen LogP contribution in [0.25, 0.3) is 0 Å². The van der Waals surface area contributed by atoms with E-state index in [4.69, 9.17) is 9.47 Å². The number of ether oxygens (including phenoxy) is 2. The van der Waals surface area contributed by atoms with E-state index in [-0.39, 0.29) is 24.8 Å². The Bertz CT molecular complexity index is 462. The minimum Gasteiger partial charge on any atom is -0.486 e. The van der Waals surface area contributed by atoms with Crippen LogP contribution in [0.3, 0.4) is 0 Å². The van der Waals surface area contributed by atoms with Crippen molar-refractivity contribution in [2.75, 3.05) is 51.4 Å². The molecule has 6 heteroatoms. The average Bonchev–Trinajstić information content (AvgIpc) is 2.46. The Hall–Kier alpha value is -1.66. The first-order valence-corrected chi connectivity index (χ1v) is 6.59. The highest BCUT2D eigenvalue weighted by Gasteiger charge is 2.15. The fourth-order valence-electron chi connectivity index (χ4n) is 2.11. The van der Waals surface area contributed by atoms with Crippen molar-refractivity contribution in [1.82, 2.24) is 5.32 Å². The highest BCUT2D eigenvalue weighted by Crippen LogP contribution is 2.24. The predicted molar refractivity (Wildman–Crippen MR) is 73.9 cm³/mol. The van der Waals surface area contributed by atoms with E-state index in [1.807, 2.05) is 4.90 Å². The van der Waals surface area contributed by atoms with E-state index in [9.17, 15) is 9.18 Å². The minimum absolute atomic E-state index is 0.00133. The van der Waals surface area contributed by atoms with Gasteiger partial charge in [0.25, 0.3) is 0 Å². The van der Waals surface area contributed by atoms with Gasteiger partial charge in [-0.25, -0.2) is 4.39 Å². The molecule has 0 radical (unpaired) electrons. The van der Waals surface area contributed by atoms with Gasteiger partial charge in [-0.15, -0.1) is 0 Å². The molecule has 0 aromatic heterocycles. The molecule has 1 saturated heterocycles. The normalized spacial score (nSPS) is 15.2. The number of hydrogen-bond donors (Lipinski definition) is 1. The average molecular weight is 282 g/mol. The number of nitrogens with one attached hydrogen (secondary N) is 1. The molecule has 0 bridgehead atoms. The van der Waals surface area contributed by atoms with Gasteiger partial charge in [-0.1, -0.05) is 0 Å². The molecule has 1 aliphatic rings. The van der Waals surface area contributed by atoms with Crippen molar-refractivity contribution in [1.29, 1.82) is 0 Å². The van der Waals surface area contributed by atoms with Gasteiger partial charge in [-0.05, 0) is 12.1 Å². The van der Waals surface area contributed by atoms with Crippen LogP contribution < -0.4 is 15.0 Å².